The van der Waals surface area contributed by atoms with Gasteiger partial charge >= 0.3 is 142 Å². The van der Waals surface area contributed by atoms with Crippen molar-refractivity contribution in [3.05, 3.63) is 66.2 Å². The second-order valence-corrected chi connectivity index (χ2v) is 8.87. The third kappa shape index (κ3) is 6.12. The Morgan fingerprint density at radius 3 is 2.22 bits per heavy atom. The van der Waals surface area contributed by atoms with Gasteiger partial charge in [-0.05, 0) is 0 Å². The zero-order valence-electron chi connectivity index (χ0n) is 13.3. The summed E-state index contributed by atoms with van der Waals surface area (Å²) in [5, 5.41) is 9.40. The van der Waals surface area contributed by atoms with Gasteiger partial charge in [-0.1, -0.05) is 0 Å². The van der Waals surface area contributed by atoms with Crippen LogP contribution >= 0.6 is 0 Å². The molecule has 3 unspecified atom stereocenters. The van der Waals surface area contributed by atoms with Gasteiger partial charge in [-0.25, -0.2) is 0 Å². The molecule has 3 heteroatoms. The van der Waals surface area contributed by atoms with E-state index in [2.05, 4.69) is 24.0 Å². The van der Waals surface area contributed by atoms with Crippen LogP contribution in [0.4, 0.5) is 0 Å². The first-order chi connectivity index (χ1) is 11.2. The molecule has 3 atom stereocenters. The van der Waals surface area contributed by atoms with Crippen LogP contribution in [0.3, 0.4) is 0 Å². The van der Waals surface area contributed by atoms with Crippen LogP contribution in [0, 0.1) is 11.8 Å². The molecule has 2 rings (SSSR count). The van der Waals surface area contributed by atoms with E-state index in [9.17, 15) is 8.94 Å². The van der Waals surface area contributed by atoms with Gasteiger partial charge in [-0.3, -0.25) is 0 Å². The SMILES string of the molecule is CC(O)C#CC(CCCc1ccccc1)[Se](=O)c1ccccc1. The van der Waals surface area contributed by atoms with E-state index in [1.807, 2.05) is 48.5 Å². The maximum atomic E-state index is 12.8. The van der Waals surface area contributed by atoms with Crippen LogP contribution in [-0.2, 0) is 10.3 Å². The molecule has 0 heterocycles. The van der Waals surface area contributed by atoms with E-state index in [-0.39, 0.29) is 4.82 Å². The van der Waals surface area contributed by atoms with Crippen molar-refractivity contribution < 1.29 is 8.94 Å². The molecule has 0 saturated heterocycles. The quantitative estimate of drug-likeness (QED) is 0.624. The molecule has 0 saturated carbocycles. The zero-order valence-corrected chi connectivity index (χ0v) is 15.0. The molecule has 0 aromatic heterocycles. The number of benzene rings is 2. The summed E-state index contributed by atoms with van der Waals surface area (Å²) in [5.74, 6) is 5.83. The van der Waals surface area contributed by atoms with Gasteiger partial charge in [0.25, 0.3) is 0 Å². The van der Waals surface area contributed by atoms with Gasteiger partial charge in [0.15, 0.2) is 0 Å². The molecule has 0 aliphatic heterocycles. The molecule has 0 aliphatic rings. The average Bonchev–Trinajstić information content (AvgIpc) is 2.59. The molecule has 120 valence electrons. The number of rotatable bonds is 6. The second-order valence-electron chi connectivity index (χ2n) is 5.44. The molecule has 2 aromatic rings. The summed E-state index contributed by atoms with van der Waals surface area (Å²) in [4.78, 5) is -0.157. The Hall–Kier alpha value is -1.72. The van der Waals surface area contributed by atoms with Gasteiger partial charge in [0.1, 0.15) is 0 Å². The van der Waals surface area contributed by atoms with Crippen molar-refractivity contribution in [2.75, 3.05) is 0 Å². The van der Waals surface area contributed by atoms with Crippen molar-refractivity contribution in [1.29, 1.82) is 0 Å². The Balaban J connectivity index is 2.03. The second kappa shape index (κ2) is 9.43. The normalized spacial score (nSPS) is 14.3. The van der Waals surface area contributed by atoms with Crippen molar-refractivity contribution in [3.63, 3.8) is 0 Å². The average molecular weight is 373 g/mol. The minimum absolute atomic E-state index is 0.157. The van der Waals surface area contributed by atoms with Crippen LogP contribution in [0.1, 0.15) is 25.3 Å². The monoisotopic (exact) mass is 374 g/mol. The van der Waals surface area contributed by atoms with Crippen LogP contribution in [0.5, 0.6) is 0 Å². The van der Waals surface area contributed by atoms with Crippen LogP contribution < -0.4 is 4.46 Å². The fraction of sp³-hybridized carbons (Fsp3) is 0.300. The van der Waals surface area contributed by atoms with Crippen LogP contribution in [-0.4, -0.2) is 25.0 Å². The molecule has 0 fully saturated rings. The summed E-state index contributed by atoms with van der Waals surface area (Å²) in [7, 11) is 0. The topological polar surface area (TPSA) is 37.3 Å². The van der Waals surface area contributed by atoms with Crippen molar-refractivity contribution in [1.82, 2.24) is 0 Å². The molecule has 0 aliphatic carbocycles. The zero-order chi connectivity index (χ0) is 16.5. The molecule has 0 spiro atoms. The number of hydrogen-bond donors (Lipinski definition) is 1. The van der Waals surface area contributed by atoms with E-state index < -0.39 is 19.9 Å². The Morgan fingerprint density at radius 2 is 1.61 bits per heavy atom. The third-order valence-electron chi connectivity index (χ3n) is 3.46. The summed E-state index contributed by atoms with van der Waals surface area (Å²) < 4.78 is 13.7. The summed E-state index contributed by atoms with van der Waals surface area (Å²) in [6.07, 6.45) is 2.01. The van der Waals surface area contributed by atoms with Crippen LogP contribution in [0.25, 0.3) is 0 Å². The fourth-order valence-corrected chi connectivity index (χ4v) is 5.05. The van der Waals surface area contributed by atoms with E-state index in [0.717, 1.165) is 23.7 Å². The molecule has 0 radical (unpaired) electrons. The number of aliphatic hydroxyl groups excluding tert-OH is 1. The van der Waals surface area contributed by atoms with E-state index in [0.29, 0.717) is 0 Å². The molecule has 2 aromatic carbocycles. The first-order valence-electron chi connectivity index (χ1n) is 7.85. The Morgan fingerprint density at radius 1 is 1.00 bits per heavy atom. The third-order valence-corrected chi connectivity index (χ3v) is 6.83. The molecule has 1 N–H and O–H groups in total. The van der Waals surface area contributed by atoms with Gasteiger partial charge in [0, 0.05) is 0 Å². The van der Waals surface area contributed by atoms with E-state index >= 15 is 0 Å². The van der Waals surface area contributed by atoms with Gasteiger partial charge in [0.2, 0.25) is 0 Å². The van der Waals surface area contributed by atoms with Crippen LogP contribution in [0.2, 0.25) is 4.82 Å². The van der Waals surface area contributed by atoms with Gasteiger partial charge in [-0.15, -0.1) is 0 Å². The Bertz CT molecular complexity index is 669. The molecular formula is C20H22O2Se. The Labute approximate surface area is 142 Å². The number of aryl methyl sites for hydroxylation is 1. The van der Waals surface area contributed by atoms with E-state index in [1.54, 1.807) is 6.92 Å². The summed E-state index contributed by atoms with van der Waals surface area (Å²) in [6, 6.07) is 19.9. The summed E-state index contributed by atoms with van der Waals surface area (Å²) in [5.41, 5.74) is 1.29. The standard InChI is InChI=1S/C20H22O2Se/c1-17(21)15-16-20(23(22)19-12-6-3-7-13-19)14-8-11-18-9-4-2-5-10-18/h2-7,9-10,12-13,17,20-21H,8,11,14H2,1H3. The summed E-state index contributed by atoms with van der Waals surface area (Å²) >= 11 is -2.24. The van der Waals surface area contributed by atoms with Crippen molar-refractivity contribution >= 4 is 18.3 Å². The molecule has 2 nitrogen and oxygen atoms in total. The van der Waals surface area contributed by atoms with Gasteiger partial charge in [-0.2, -0.15) is 0 Å². The number of hydrogen-bond acceptors (Lipinski definition) is 2. The minimum atomic E-state index is -2.24. The predicted octanol–water partition coefficient (Wildman–Crippen LogP) is 3.09. The predicted molar refractivity (Wildman–Crippen MR) is 95.1 cm³/mol. The molecule has 0 bridgehead atoms. The van der Waals surface area contributed by atoms with Gasteiger partial charge in [0.05, 0.1) is 0 Å². The first-order valence-corrected chi connectivity index (χ1v) is 10.4. The molecular weight excluding hydrogens is 351 g/mol. The fourth-order valence-electron chi connectivity index (χ4n) is 2.30. The molecule has 0 amide bonds. The molecule has 23 heavy (non-hydrogen) atoms. The van der Waals surface area contributed by atoms with Gasteiger partial charge < -0.3 is 0 Å². The van der Waals surface area contributed by atoms with E-state index in [4.69, 9.17) is 0 Å². The van der Waals surface area contributed by atoms with Crippen molar-refractivity contribution in [2.24, 2.45) is 0 Å². The Kier molecular flexibility index (Phi) is 7.23. The number of aliphatic hydroxyl groups is 1. The van der Waals surface area contributed by atoms with Crippen molar-refractivity contribution in [2.45, 2.75) is 37.1 Å². The van der Waals surface area contributed by atoms with Crippen LogP contribution in [0.15, 0.2) is 60.7 Å². The maximum absolute atomic E-state index is 12.8. The summed E-state index contributed by atoms with van der Waals surface area (Å²) in [6.45, 7) is 1.64. The first kappa shape index (κ1) is 17.6. The van der Waals surface area contributed by atoms with Crippen molar-refractivity contribution in [3.8, 4) is 11.8 Å². The van der Waals surface area contributed by atoms with E-state index in [1.165, 1.54) is 5.56 Å².